The third kappa shape index (κ3) is 2.27. The van der Waals surface area contributed by atoms with Crippen LogP contribution in [0.2, 0.25) is 0 Å². The minimum absolute atomic E-state index is 0.217. The van der Waals surface area contributed by atoms with Gasteiger partial charge in [0.1, 0.15) is 11.9 Å². The number of rotatable bonds is 1. The van der Waals surface area contributed by atoms with Gasteiger partial charge in [-0.25, -0.2) is 0 Å². The summed E-state index contributed by atoms with van der Waals surface area (Å²) >= 11 is 0. The average Bonchev–Trinajstić information content (AvgIpc) is 2.63. The Kier molecular flexibility index (Phi) is 2.98. The van der Waals surface area contributed by atoms with Gasteiger partial charge in [-0.05, 0) is 30.2 Å². The number of nitrogens with two attached hydrogens (primary N) is 1. The number of benzene rings is 1. The molecule has 2 rings (SSSR count). The van der Waals surface area contributed by atoms with Crippen molar-refractivity contribution < 1.29 is 13.2 Å². The topological polar surface area (TPSA) is 65.6 Å². The van der Waals surface area contributed by atoms with E-state index in [2.05, 4.69) is 4.98 Å². The molecule has 98 valence electrons. The van der Waals surface area contributed by atoms with Gasteiger partial charge in [-0.2, -0.15) is 18.4 Å². The highest BCUT2D eigenvalue weighted by molar-refractivity contribution is 5.72. The highest BCUT2D eigenvalue weighted by Gasteiger charge is 2.30. The highest BCUT2D eigenvalue weighted by Crippen LogP contribution is 2.33. The number of aromatic nitrogens is 1. The fourth-order valence-electron chi connectivity index (χ4n) is 1.88. The molecule has 1 heterocycles. The standard InChI is InChI=1S/C13H10F3N3/c1-7-10(6-17)12(18)19-11(7)8-2-4-9(5-3-8)13(14,15)16/h2-5,19H,18H2,1H3. The molecule has 1 aromatic heterocycles. The number of nitrogens with zero attached hydrogens (tertiary/aromatic N) is 1. The Hall–Kier alpha value is -2.42. The molecule has 0 unspecified atom stereocenters. The summed E-state index contributed by atoms with van der Waals surface area (Å²) in [6.07, 6.45) is -4.36. The maximum Gasteiger partial charge on any atom is 0.416 e. The van der Waals surface area contributed by atoms with E-state index in [1.165, 1.54) is 12.1 Å². The molecule has 0 amide bonds. The molecule has 0 saturated carbocycles. The van der Waals surface area contributed by atoms with E-state index in [1.54, 1.807) is 6.92 Å². The van der Waals surface area contributed by atoms with E-state index in [-0.39, 0.29) is 5.82 Å². The van der Waals surface area contributed by atoms with Crippen LogP contribution in [0.1, 0.15) is 16.7 Å². The summed E-state index contributed by atoms with van der Waals surface area (Å²) in [5.74, 6) is 0.217. The maximum absolute atomic E-state index is 12.5. The third-order valence-electron chi connectivity index (χ3n) is 2.89. The summed E-state index contributed by atoms with van der Waals surface area (Å²) in [7, 11) is 0. The van der Waals surface area contributed by atoms with Crippen LogP contribution in [0.4, 0.5) is 19.0 Å². The van der Waals surface area contributed by atoms with Gasteiger partial charge in [-0.3, -0.25) is 0 Å². The van der Waals surface area contributed by atoms with Gasteiger partial charge in [-0.1, -0.05) is 12.1 Å². The Morgan fingerprint density at radius 2 is 1.79 bits per heavy atom. The van der Waals surface area contributed by atoms with Gasteiger partial charge in [0.25, 0.3) is 0 Å². The highest BCUT2D eigenvalue weighted by atomic mass is 19.4. The van der Waals surface area contributed by atoms with E-state index in [1.807, 2.05) is 6.07 Å². The largest absolute Gasteiger partial charge is 0.416 e. The van der Waals surface area contributed by atoms with E-state index < -0.39 is 11.7 Å². The summed E-state index contributed by atoms with van der Waals surface area (Å²) in [4.78, 5) is 2.81. The molecule has 0 atom stereocenters. The fourth-order valence-corrected chi connectivity index (χ4v) is 1.88. The molecular weight excluding hydrogens is 255 g/mol. The van der Waals surface area contributed by atoms with E-state index in [9.17, 15) is 13.2 Å². The van der Waals surface area contributed by atoms with Crippen LogP contribution in [0.5, 0.6) is 0 Å². The van der Waals surface area contributed by atoms with Gasteiger partial charge >= 0.3 is 6.18 Å². The molecule has 0 aliphatic rings. The van der Waals surface area contributed by atoms with Crippen molar-refractivity contribution in [1.82, 2.24) is 4.98 Å². The number of hydrogen-bond donors (Lipinski definition) is 2. The molecule has 0 spiro atoms. The minimum atomic E-state index is -4.36. The first-order valence-corrected chi connectivity index (χ1v) is 5.40. The van der Waals surface area contributed by atoms with Crippen LogP contribution < -0.4 is 5.73 Å². The van der Waals surface area contributed by atoms with Gasteiger partial charge in [0, 0.05) is 0 Å². The Labute approximate surface area is 107 Å². The van der Waals surface area contributed by atoms with Crippen molar-refractivity contribution in [3.8, 4) is 17.3 Å². The van der Waals surface area contributed by atoms with Crippen molar-refractivity contribution in [2.45, 2.75) is 13.1 Å². The predicted octanol–water partition coefficient (Wildman–Crippen LogP) is 3.46. The summed E-state index contributed by atoms with van der Waals surface area (Å²) in [6, 6.07) is 6.65. The molecule has 0 bridgehead atoms. The summed E-state index contributed by atoms with van der Waals surface area (Å²) < 4.78 is 37.4. The number of halogens is 3. The van der Waals surface area contributed by atoms with Crippen LogP contribution in [0.15, 0.2) is 24.3 Å². The molecular formula is C13H10F3N3. The second-order valence-electron chi connectivity index (χ2n) is 4.10. The van der Waals surface area contributed by atoms with Crippen LogP contribution in [0.25, 0.3) is 11.3 Å². The zero-order valence-corrected chi connectivity index (χ0v) is 9.97. The first-order valence-electron chi connectivity index (χ1n) is 5.40. The number of H-pyrrole nitrogens is 1. The zero-order valence-electron chi connectivity index (χ0n) is 9.97. The molecule has 6 heteroatoms. The average molecular weight is 265 g/mol. The van der Waals surface area contributed by atoms with Gasteiger partial charge < -0.3 is 10.7 Å². The maximum atomic E-state index is 12.5. The number of nitriles is 1. The molecule has 0 saturated heterocycles. The lowest BCUT2D eigenvalue weighted by Gasteiger charge is -2.07. The van der Waals surface area contributed by atoms with Crippen molar-refractivity contribution in [2.24, 2.45) is 0 Å². The summed E-state index contributed by atoms with van der Waals surface area (Å²) in [5.41, 5.74) is 6.97. The van der Waals surface area contributed by atoms with Crippen molar-refractivity contribution in [2.75, 3.05) is 5.73 Å². The Balaban J connectivity index is 2.47. The zero-order chi connectivity index (χ0) is 14.2. The molecule has 3 nitrogen and oxygen atoms in total. The molecule has 19 heavy (non-hydrogen) atoms. The molecule has 0 fully saturated rings. The fraction of sp³-hybridized carbons (Fsp3) is 0.154. The second-order valence-corrected chi connectivity index (χ2v) is 4.10. The number of nitrogens with one attached hydrogen (secondary N) is 1. The quantitative estimate of drug-likeness (QED) is 0.829. The Morgan fingerprint density at radius 3 is 2.21 bits per heavy atom. The molecule has 2 aromatic rings. The van der Waals surface area contributed by atoms with Gasteiger partial charge in [-0.15, -0.1) is 0 Å². The van der Waals surface area contributed by atoms with Crippen LogP contribution in [0, 0.1) is 18.3 Å². The molecule has 0 aliphatic heterocycles. The van der Waals surface area contributed by atoms with E-state index >= 15 is 0 Å². The van der Waals surface area contributed by atoms with E-state index in [0.29, 0.717) is 22.4 Å². The lowest BCUT2D eigenvalue weighted by atomic mass is 10.0. The summed E-state index contributed by atoms with van der Waals surface area (Å²) in [5, 5.41) is 8.91. The summed E-state index contributed by atoms with van der Waals surface area (Å²) in [6.45, 7) is 1.69. The van der Waals surface area contributed by atoms with Crippen molar-refractivity contribution in [3.05, 3.63) is 41.0 Å². The molecule has 3 N–H and O–H groups in total. The number of hydrogen-bond acceptors (Lipinski definition) is 2. The molecule has 0 radical (unpaired) electrons. The SMILES string of the molecule is Cc1c(-c2ccc(C(F)(F)F)cc2)[nH]c(N)c1C#N. The second kappa shape index (κ2) is 4.35. The van der Waals surface area contributed by atoms with Crippen molar-refractivity contribution in [1.29, 1.82) is 5.26 Å². The lowest BCUT2D eigenvalue weighted by molar-refractivity contribution is -0.137. The van der Waals surface area contributed by atoms with Gasteiger partial charge in [0.05, 0.1) is 16.8 Å². The van der Waals surface area contributed by atoms with Gasteiger partial charge in [0.15, 0.2) is 0 Å². The first kappa shape index (κ1) is 13.0. The normalized spacial score (nSPS) is 11.3. The van der Waals surface area contributed by atoms with Crippen LogP contribution in [-0.4, -0.2) is 4.98 Å². The molecule has 1 aromatic carbocycles. The number of nitrogen functional groups attached to an aromatic ring is 1. The van der Waals surface area contributed by atoms with Gasteiger partial charge in [0.2, 0.25) is 0 Å². The van der Waals surface area contributed by atoms with Crippen LogP contribution >= 0.6 is 0 Å². The minimum Gasteiger partial charge on any atom is -0.384 e. The number of aromatic amines is 1. The van der Waals surface area contributed by atoms with E-state index in [4.69, 9.17) is 11.0 Å². The number of alkyl halides is 3. The van der Waals surface area contributed by atoms with E-state index in [0.717, 1.165) is 12.1 Å². The van der Waals surface area contributed by atoms with Crippen LogP contribution in [-0.2, 0) is 6.18 Å². The number of anilines is 1. The van der Waals surface area contributed by atoms with Crippen LogP contribution in [0.3, 0.4) is 0 Å². The van der Waals surface area contributed by atoms with Crippen molar-refractivity contribution in [3.63, 3.8) is 0 Å². The monoisotopic (exact) mass is 265 g/mol. The lowest BCUT2D eigenvalue weighted by Crippen LogP contribution is -2.04. The van der Waals surface area contributed by atoms with Crippen molar-refractivity contribution >= 4 is 5.82 Å². The first-order chi connectivity index (χ1) is 8.84. The Morgan fingerprint density at radius 1 is 1.21 bits per heavy atom. The Bertz CT molecular complexity index is 645. The smallest absolute Gasteiger partial charge is 0.384 e. The predicted molar refractivity (Wildman–Crippen MR) is 65.1 cm³/mol. The molecule has 0 aliphatic carbocycles. The third-order valence-corrected chi connectivity index (χ3v) is 2.89.